The zero-order valence-electron chi connectivity index (χ0n) is 23.8. The van der Waals surface area contributed by atoms with Crippen molar-refractivity contribution in [3.63, 3.8) is 0 Å². The molecular formula is C32H67NO. The molecule has 0 amide bonds. The summed E-state index contributed by atoms with van der Waals surface area (Å²) in [7, 11) is 0. The summed E-state index contributed by atoms with van der Waals surface area (Å²) in [6.45, 7) is 2.44. The molecule has 206 valence electrons. The van der Waals surface area contributed by atoms with Gasteiger partial charge in [-0.1, -0.05) is 187 Å². The van der Waals surface area contributed by atoms with Crippen LogP contribution in [0.2, 0.25) is 0 Å². The predicted molar refractivity (Wildman–Crippen MR) is 155 cm³/mol. The van der Waals surface area contributed by atoms with Gasteiger partial charge in [-0.25, -0.2) is 0 Å². The third-order valence-corrected chi connectivity index (χ3v) is 7.66. The van der Waals surface area contributed by atoms with E-state index in [2.05, 4.69) is 6.92 Å². The van der Waals surface area contributed by atoms with Crippen LogP contribution >= 0.6 is 0 Å². The van der Waals surface area contributed by atoms with E-state index >= 15 is 0 Å². The second-order valence-corrected chi connectivity index (χ2v) is 11.3. The maximum absolute atomic E-state index is 8.91. The van der Waals surface area contributed by atoms with Crippen molar-refractivity contribution < 1.29 is 5.11 Å². The summed E-state index contributed by atoms with van der Waals surface area (Å²) >= 11 is 0. The average Bonchev–Trinajstić information content (AvgIpc) is 2.85. The molecule has 0 fully saturated rings. The Morgan fingerprint density at radius 1 is 0.382 bits per heavy atom. The molecular weight excluding hydrogens is 414 g/mol. The summed E-state index contributed by atoms with van der Waals surface area (Å²) in [5.41, 5.74) is 5.73. The number of hydrogen-bond acceptors (Lipinski definition) is 2. The van der Waals surface area contributed by atoms with Crippen molar-refractivity contribution in [2.45, 2.75) is 199 Å². The van der Waals surface area contributed by atoms with Gasteiger partial charge in [0.25, 0.3) is 0 Å². The van der Waals surface area contributed by atoms with Gasteiger partial charge in [0.05, 0.1) is 6.61 Å². The second-order valence-electron chi connectivity index (χ2n) is 11.3. The maximum atomic E-state index is 8.91. The summed E-state index contributed by atoms with van der Waals surface area (Å²) in [4.78, 5) is 0. The number of aliphatic hydroxyl groups excluding tert-OH is 1. The van der Waals surface area contributed by atoms with Crippen LogP contribution in [0.1, 0.15) is 193 Å². The fourth-order valence-corrected chi connectivity index (χ4v) is 5.17. The summed E-state index contributed by atoms with van der Waals surface area (Å²) < 4.78 is 0. The second kappa shape index (κ2) is 31.0. The number of hydrogen-bond donors (Lipinski definition) is 2. The molecule has 0 aliphatic heterocycles. The Hall–Kier alpha value is -0.0800. The van der Waals surface area contributed by atoms with Crippen molar-refractivity contribution in [3.8, 4) is 0 Å². The van der Waals surface area contributed by atoms with Gasteiger partial charge >= 0.3 is 0 Å². The van der Waals surface area contributed by atoms with Crippen LogP contribution in [0.5, 0.6) is 0 Å². The van der Waals surface area contributed by atoms with Gasteiger partial charge in [-0.15, -0.1) is 0 Å². The SMILES string of the molecule is CCCCCCCCCCCCCCCCCCCCCCCCCCCCCCC(N)CO. The lowest BCUT2D eigenvalue weighted by Gasteiger charge is -2.07. The van der Waals surface area contributed by atoms with Gasteiger partial charge in [-0.05, 0) is 6.42 Å². The summed E-state index contributed by atoms with van der Waals surface area (Å²) in [5, 5.41) is 8.91. The van der Waals surface area contributed by atoms with Crippen molar-refractivity contribution in [3.05, 3.63) is 0 Å². The smallest absolute Gasteiger partial charge is 0.0582 e. The first-order valence-electron chi connectivity index (χ1n) is 16.2. The van der Waals surface area contributed by atoms with Gasteiger partial charge in [-0.3, -0.25) is 0 Å². The zero-order chi connectivity index (χ0) is 24.8. The van der Waals surface area contributed by atoms with E-state index in [1.807, 2.05) is 0 Å². The molecule has 0 radical (unpaired) electrons. The Morgan fingerprint density at radius 3 is 0.794 bits per heavy atom. The first kappa shape index (κ1) is 33.9. The van der Waals surface area contributed by atoms with Gasteiger partial charge in [0, 0.05) is 6.04 Å². The molecule has 1 atom stereocenters. The van der Waals surface area contributed by atoms with E-state index in [9.17, 15) is 0 Å². The highest BCUT2D eigenvalue weighted by molar-refractivity contribution is 4.58. The number of rotatable bonds is 30. The highest BCUT2D eigenvalue weighted by Crippen LogP contribution is 2.16. The van der Waals surface area contributed by atoms with E-state index in [1.165, 1.54) is 180 Å². The summed E-state index contributed by atoms with van der Waals surface area (Å²) in [6.07, 6.45) is 41.2. The van der Waals surface area contributed by atoms with E-state index in [0.717, 1.165) is 6.42 Å². The van der Waals surface area contributed by atoms with E-state index in [0.29, 0.717) is 0 Å². The molecule has 0 heterocycles. The van der Waals surface area contributed by atoms with Gasteiger partial charge < -0.3 is 10.8 Å². The lowest BCUT2D eigenvalue weighted by molar-refractivity contribution is 0.257. The molecule has 0 saturated carbocycles. The van der Waals surface area contributed by atoms with E-state index < -0.39 is 0 Å². The number of nitrogens with two attached hydrogens (primary N) is 1. The van der Waals surface area contributed by atoms with E-state index in [-0.39, 0.29) is 12.6 Å². The topological polar surface area (TPSA) is 46.2 Å². The molecule has 34 heavy (non-hydrogen) atoms. The molecule has 0 saturated heterocycles. The van der Waals surface area contributed by atoms with Gasteiger partial charge in [0.2, 0.25) is 0 Å². The standard InChI is InChI=1S/C32H67NO/c1-2-3-4-5-6-7-8-9-10-11-12-13-14-15-16-17-18-19-20-21-22-23-24-25-26-27-28-29-30-32(33)31-34/h32,34H,2-31,33H2,1H3. The number of aliphatic hydroxyl groups is 1. The average molecular weight is 482 g/mol. The Bertz CT molecular complexity index is 346. The Kier molecular flexibility index (Phi) is 30.9. The van der Waals surface area contributed by atoms with E-state index in [4.69, 9.17) is 10.8 Å². The zero-order valence-corrected chi connectivity index (χ0v) is 23.8. The Labute approximate surface area is 216 Å². The highest BCUT2D eigenvalue weighted by atomic mass is 16.3. The third kappa shape index (κ3) is 30.0. The van der Waals surface area contributed by atoms with Gasteiger partial charge in [-0.2, -0.15) is 0 Å². The third-order valence-electron chi connectivity index (χ3n) is 7.66. The largest absolute Gasteiger partial charge is 0.395 e. The monoisotopic (exact) mass is 482 g/mol. The van der Waals surface area contributed by atoms with E-state index in [1.54, 1.807) is 0 Å². The van der Waals surface area contributed by atoms with Crippen LogP contribution in [0.15, 0.2) is 0 Å². The molecule has 0 aromatic rings. The molecule has 0 aromatic heterocycles. The molecule has 0 aliphatic rings. The Morgan fingerprint density at radius 2 is 0.588 bits per heavy atom. The van der Waals surface area contributed by atoms with Crippen LogP contribution in [0.25, 0.3) is 0 Å². The van der Waals surface area contributed by atoms with Crippen LogP contribution in [-0.2, 0) is 0 Å². The molecule has 0 aliphatic carbocycles. The first-order valence-corrected chi connectivity index (χ1v) is 16.2. The van der Waals surface area contributed by atoms with Crippen molar-refractivity contribution in [1.29, 1.82) is 0 Å². The van der Waals surface area contributed by atoms with Crippen molar-refractivity contribution in [2.75, 3.05) is 6.61 Å². The van der Waals surface area contributed by atoms with Gasteiger partial charge in [0.15, 0.2) is 0 Å². The van der Waals surface area contributed by atoms with Crippen LogP contribution in [-0.4, -0.2) is 17.8 Å². The van der Waals surface area contributed by atoms with Crippen molar-refractivity contribution in [1.82, 2.24) is 0 Å². The molecule has 2 heteroatoms. The fraction of sp³-hybridized carbons (Fsp3) is 1.00. The summed E-state index contributed by atoms with van der Waals surface area (Å²) in [6, 6.07) is 0.00376. The molecule has 1 unspecified atom stereocenters. The Balaban J connectivity index is 3.02. The lowest BCUT2D eigenvalue weighted by atomic mass is 10.0. The molecule has 0 bridgehead atoms. The molecule has 3 N–H and O–H groups in total. The lowest BCUT2D eigenvalue weighted by Crippen LogP contribution is -2.23. The van der Waals surface area contributed by atoms with Crippen LogP contribution < -0.4 is 5.73 Å². The van der Waals surface area contributed by atoms with Crippen molar-refractivity contribution in [2.24, 2.45) is 5.73 Å². The minimum Gasteiger partial charge on any atom is -0.395 e. The van der Waals surface area contributed by atoms with Crippen LogP contribution in [0, 0.1) is 0 Å². The minimum absolute atomic E-state index is 0.00376. The molecule has 0 aromatic carbocycles. The fourth-order valence-electron chi connectivity index (χ4n) is 5.17. The van der Waals surface area contributed by atoms with Crippen LogP contribution in [0.4, 0.5) is 0 Å². The normalized spacial score (nSPS) is 12.4. The van der Waals surface area contributed by atoms with Crippen LogP contribution in [0.3, 0.4) is 0 Å². The quantitative estimate of drug-likeness (QED) is 0.100. The molecule has 2 nitrogen and oxygen atoms in total. The maximum Gasteiger partial charge on any atom is 0.0582 e. The number of unbranched alkanes of at least 4 members (excludes halogenated alkanes) is 27. The highest BCUT2D eigenvalue weighted by Gasteiger charge is 1.99. The molecule has 0 rings (SSSR count). The van der Waals surface area contributed by atoms with Gasteiger partial charge in [0.1, 0.15) is 0 Å². The van der Waals surface area contributed by atoms with Crippen molar-refractivity contribution >= 4 is 0 Å². The molecule has 0 spiro atoms. The predicted octanol–water partition coefficient (Wildman–Crippen LogP) is 10.6. The minimum atomic E-state index is 0.00376. The first-order chi connectivity index (χ1) is 16.8. The summed E-state index contributed by atoms with van der Waals surface area (Å²) in [5.74, 6) is 0.